The van der Waals surface area contributed by atoms with Crippen molar-refractivity contribution in [2.45, 2.75) is 44.8 Å². The van der Waals surface area contributed by atoms with Gasteiger partial charge in [0.05, 0.1) is 38.2 Å². The summed E-state index contributed by atoms with van der Waals surface area (Å²) < 4.78 is 0.926. The van der Waals surface area contributed by atoms with Crippen LogP contribution in [0.1, 0.15) is 44.9 Å². The maximum absolute atomic E-state index is 13.2. The van der Waals surface area contributed by atoms with E-state index >= 15 is 0 Å². The third-order valence-electron chi connectivity index (χ3n) is 7.41. The zero-order valence-electron chi connectivity index (χ0n) is 21.6. The predicted octanol–water partition coefficient (Wildman–Crippen LogP) is 3.46. The van der Waals surface area contributed by atoms with Crippen molar-refractivity contribution in [3.8, 4) is 0 Å². The second-order valence-electron chi connectivity index (χ2n) is 11.0. The molecule has 0 radical (unpaired) electrons. The molecular formula is C28H30N6O3S. The van der Waals surface area contributed by atoms with Crippen molar-refractivity contribution in [2.75, 3.05) is 24.5 Å². The summed E-state index contributed by atoms with van der Waals surface area (Å²) >= 11 is 1.52. The van der Waals surface area contributed by atoms with Crippen molar-refractivity contribution < 1.29 is 14.7 Å². The van der Waals surface area contributed by atoms with Crippen LogP contribution in [0.4, 0.5) is 5.95 Å². The van der Waals surface area contributed by atoms with Gasteiger partial charge in [-0.05, 0) is 51.1 Å². The predicted molar refractivity (Wildman–Crippen MR) is 150 cm³/mol. The Morgan fingerprint density at radius 2 is 1.84 bits per heavy atom. The molecule has 2 aliphatic rings. The fourth-order valence-electron chi connectivity index (χ4n) is 5.17. The summed E-state index contributed by atoms with van der Waals surface area (Å²) in [5.41, 5.74) is 2.52. The first-order chi connectivity index (χ1) is 18.1. The summed E-state index contributed by atoms with van der Waals surface area (Å²) in [5, 5.41) is 18.8. The fraction of sp³-hybridized carbons (Fsp3) is 0.357. The van der Waals surface area contributed by atoms with Crippen LogP contribution in [0, 0.1) is 0 Å². The third-order valence-corrected chi connectivity index (χ3v) is 8.36. The van der Waals surface area contributed by atoms with E-state index in [0.29, 0.717) is 29.3 Å². The van der Waals surface area contributed by atoms with Crippen molar-refractivity contribution in [1.29, 1.82) is 0 Å². The Morgan fingerprint density at radius 3 is 2.61 bits per heavy atom. The number of aromatic amines is 1. The lowest BCUT2D eigenvalue weighted by atomic mass is 9.89. The third kappa shape index (κ3) is 4.38. The number of hydrogen-bond donors (Lipinski definition) is 4. The Hall–Kier alpha value is -3.60. The number of hydrogen-bond acceptors (Lipinski definition) is 8. The maximum Gasteiger partial charge on any atom is 0.261 e. The highest BCUT2D eigenvalue weighted by Gasteiger charge is 2.37. The quantitative estimate of drug-likeness (QED) is 0.282. The molecule has 5 heterocycles. The molecule has 196 valence electrons. The Morgan fingerprint density at radius 1 is 1.11 bits per heavy atom. The molecular weight excluding hydrogens is 500 g/mol. The number of H-pyrrole nitrogens is 1. The molecule has 6 rings (SSSR count). The molecule has 0 spiro atoms. The van der Waals surface area contributed by atoms with E-state index in [9.17, 15) is 14.7 Å². The monoisotopic (exact) mass is 530 g/mol. The summed E-state index contributed by atoms with van der Waals surface area (Å²) in [6.45, 7) is 7.72. The Labute approximate surface area is 224 Å². The number of piperidine rings is 1. The molecule has 0 aliphatic carbocycles. The lowest BCUT2D eigenvalue weighted by Crippen LogP contribution is -2.54. The molecule has 4 N–H and O–H groups in total. The molecule has 38 heavy (non-hydrogen) atoms. The number of anilines is 1. The smallest absolute Gasteiger partial charge is 0.261 e. The summed E-state index contributed by atoms with van der Waals surface area (Å²) in [5.74, 6) is -0.333. The summed E-state index contributed by atoms with van der Waals surface area (Å²) in [7, 11) is 0. The molecule has 1 saturated heterocycles. The molecule has 0 atom stereocenters. The minimum Gasteiger partial charge on any atom is -0.389 e. The lowest BCUT2D eigenvalue weighted by Gasteiger charge is -2.41. The first kappa shape index (κ1) is 24.7. The number of para-hydroxylation sites is 1. The molecule has 0 unspecified atom stereocenters. The summed E-state index contributed by atoms with van der Waals surface area (Å²) in [6, 6.07) is 9.55. The highest BCUT2D eigenvalue weighted by Crippen LogP contribution is 2.39. The number of β-amino-alcohol motifs (C(OH)–C–C–N with tert-alkyl or cyclic N) is 1. The number of carbonyl (C=O) groups excluding carboxylic acids is 2. The largest absolute Gasteiger partial charge is 0.389 e. The SMILES string of the molecule is CC(C)(O)CNC1(C)CCN(c2nc(C3=C(c4c[nH]c5ccsc45)C(=O)NC3=O)c3ccccc3n2)CC1. The number of thiophene rings is 1. The zero-order valence-corrected chi connectivity index (χ0v) is 22.4. The van der Waals surface area contributed by atoms with E-state index in [1.807, 2.05) is 35.7 Å². The molecule has 0 saturated carbocycles. The van der Waals surface area contributed by atoms with E-state index in [1.54, 1.807) is 20.0 Å². The van der Waals surface area contributed by atoms with Gasteiger partial charge < -0.3 is 20.3 Å². The Bertz CT molecular complexity index is 1600. The van der Waals surface area contributed by atoms with Crippen molar-refractivity contribution in [2.24, 2.45) is 0 Å². The fourth-order valence-corrected chi connectivity index (χ4v) is 6.06. The number of aliphatic hydroxyl groups is 1. The Balaban J connectivity index is 1.42. The molecule has 4 aromatic rings. The normalized spacial score (nSPS) is 18.2. The summed E-state index contributed by atoms with van der Waals surface area (Å²) in [6.07, 6.45) is 3.48. The number of nitrogens with zero attached hydrogens (tertiary/aromatic N) is 3. The molecule has 0 bridgehead atoms. The van der Waals surface area contributed by atoms with Crippen LogP contribution in [-0.4, -0.2) is 62.6 Å². The minimum absolute atomic E-state index is 0.107. The zero-order chi connectivity index (χ0) is 26.7. The first-order valence-corrected chi connectivity index (χ1v) is 13.6. The van der Waals surface area contributed by atoms with Crippen LogP contribution < -0.4 is 15.5 Å². The second kappa shape index (κ2) is 9.00. The number of benzene rings is 1. The van der Waals surface area contributed by atoms with E-state index in [2.05, 4.69) is 27.4 Å². The Kier molecular flexibility index (Phi) is 5.86. The van der Waals surface area contributed by atoms with E-state index in [4.69, 9.17) is 9.97 Å². The number of amides is 2. The van der Waals surface area contributed by atoms with Crippen molar-refractivity contribution in [1.82, 2.24) is 25.6 Å². The highest BCUT2D eigenvalue weighted by atomic mass is 32.1. The number of carbonyl (C=O) groups is 2. The topological polar surface area (TPSA) is 123 Å². The number of aromatic nitrogens is 3. The van der Waals surface area contributed by atoms with Crippen LogP contribution in [0.5, 0.6) is 0 Å². The molecule has 2 amide bonds. The van der Waals surface area contributed by atoms with E-state index < -0.39 is 17.4 Å². The van der Waals surface area contributed by atoms with E-state index in [0.717, 1.165) is 47.1 Å². The number of imide groups is 1. The van der Waals surface area contributed by atoms with Gasteiger partial charge in [0.15, 0.2) is 0 Å². The van der Waals surface area contributed by atoms with Gasteiger partial charge in [-0.25, -0.2) is 9.97 Å². The van der Waals surface area contributed by atoms with Gasteiger partial charge in [0.25, 0.3) is 11.8 Å². The number of rotatable bonds is 6. The minimum atomic E-state index is -0.782. The van der Waals surface area contributed by atoms with Crippen LogP contribution >= 0.6 is 11.3 Å². The van der Waals surface area contributed by atoms with Gasteiger partial charge in [0.2, 0.25) is 5.95 Å². The average Bonchev–Trinajstić information content (AvgIpc) is 3.57. The summed E-state index contributed by atoms with van der Waals surface area (Å²) in [4.78, 5) is 41.4. The highest BCUT2D eigenvalue weighted by molar-refractivity contribution is 7.17. The van der Waals surface area contributed by atoms with Crippen LogP contribution in [0.3, 0.4) is 0 Å². The van der Waals surface area contributed by atoms with Gasteiger partial charge in [0.1, 0.15) is 0 Å². The van der Waals surface area contributed by atoms with Gasteiger partial charge in [-0.15, -0.1) is 11.3 Å². The number of nitrogens with one attached hydrogen (secondary N) is 3. The molecule has 1 aromatic carbocycles. The van der Waals surface area contributed by atoms with Crippen molar-refractivity contribution >= 4 is 61.4 Å². The second-order valence-corrected chi connectivity index (χ2v) is 11.9. The van der Waals surface area contributed by atoms with E-state index in [-0.39, 0.29) is 11.1 Å². The van der Waals surface area contributed by atoms with Crippen LogP contribution in [0.15, 0.2) is 41.9 Å². The van der Waals surface area contributed by atoms with Gasteiger partial charge in [0, 0.05) is 42.3 Å². The van der Waals surface area contributed by atoms with Crippen LogP contribution in [0.2, 0.25) is 0 Å². The lowest BCUT2D eigenvalue weighted by molar-refractivity contribution is -0.122. The first-order valence-electron chi connectivity index (χ1n) is 12.8. The van der Waals surface area contributed by atoms with Crippen LogP contribution in [-0.2, 0) is 9.59 Å². The average molecular weight is 531 g/mol. The van der Waals surface area contributed by atoms with Gasteiger partial charge in [-0.3, -0.25) is 14.9 Å². The number of fused-ring (bicyclic) bond motifs is 2. The van der Waals surface area contributed by atoms with Gasteiger partial charge >= 0.3 is 0 Å². The maximum atomic E-state index is 13.2. The standard InChI is InChI=1S/C28H30N6O3S/c1-27(2,37)15-30-28(3)9-11-34(12-10-28)26-31-18-7-5-4-6-16(18)22(32-26)21-20(24(35)33-25(21)36)17-14-29-19-8-13-38-23(17)19/h4-8,13-14,29-30,37H,9-12,15H2,1-3H3,(H,33,35,36). The molecule has 9 nitrogen and oxygen atoms in total. The van der Waals surface area contributed by atoms with Crippen LogP contribution in [0.25, 0.3) is 32.3 Å². The molecule has 10 heteroatoms. The molecule has 3 aromatic heterocycles. The van der Waals surface area contributed by atoms with Crippen molar-refractivity contribution in [3.63, 3.8) is 0 Å². The molecule has 2 aliphatic heterocycles. The van der Waals surface area contributed by atoms with E-state index in [1.165, 1.54) is 11.3 Å². The van der Waals surface area contributed by atoms with Crippen molar-refractivity contribution in [3.05, 3.63) is 53.2 Å². The molecule has 1 fully saturated rings. The van der Waals surface area contributed by atoms with Gasteiger partial charge in [-0.2, -0.15) is 0 Å². The van der Waals surface area contributed by atoms with Gasteiger partial charge in [-0.1, -0.05) is 18.2 Å².